The van der Waals surface area contributed by atoms with Gasteiger partial charge in [-0.3, -0.25) is 0 Å². The summed E-state index contributed by atoms with van der Waals surface area (Å²) in [5.41, 5.74) is 0.0673. The summed E-state index contributed by atoms with van der Waals surface area (Å²) >= 11 is 1.50. The normalized spacial score (nSPS) is 25.9. The van der Waals surface area contributed by atoms with Crippen molar-refractivity contribution in [3.63, 3.8) is 0 Å². The second-order valence-electron chi connectivity index (χ2n) is 6.29. The Kier molecular flexibility index (Phi) is 3.71. The Hall–Kier alpha value is -0.640. The van der Waals surface area contributed by atoms with Gasteiger partial charge in [0, 0.05) is 23.0 Å². The molecule has 0 atom stereocenters. The quantitative estimate of drug-likeness (QED) is 0.864. The summed E-state index contributed by atoms with van der Waals surface area (Å²) in [6.45, 7) is 8.79. The van der Waals surface area contributed by atoms with Crippen LogP contribution in [0.1, 0.15) is 65.1 Å². The van der Waals surface area contributed by atoms with Crippen LogP contribution in [0.5, 0.6) is 0 Å². The van der Waals surface area contributed by atoms with Crippen molar-refractivity contribution in [3.05, 3.63) is 5.82 Å². The molecular weight excluding hydrogens is 230 g/mol. The maximum Gasteiger partial charge on any atom is 0.202 e. The molecule has 0 amide bonds. The van der Waals surface area contributed by atoms with E-state index in [1.165, 1.54) is 37.2 Å². The Labute approximate surface area is 108 Å². The van der Waals surface area contributed by atoms with Crippen LogP contribution >= 0.6 is 11.5 Å². The lowest BCUT2D eigenvalue weighted by atomic mass is 9.83. The second-order valence-corrected chi connectivity index (χ2v) is 7.04. The number of aromatic nitrogens is 2. The topological polar surface area (TPSA) is 37.8 Å². The first-order valence-corrected chi connectivity index (χ1v) is 7.33. The van der Waals surface area contributed by atoms with Crippen LogP contribution in [0.15, 0.2) is 0 Å². The average molecular weight is 253 g/mol. The summed E-state index contributed by atoms with van der Waals surface area (Å²) in [4.78, 5) is 4.64. The van der Waals surface area contributed by atoms with Crippen LogP contribution in [-0.4, -0.2) is 14.9 Å². The van der Waals surface area contributed by atoms with E-state index in [1.807, 2.05) is 0 Å². The highest BCUT2D eigenvalue weighted by Gasteiger charge is 2.23. The first-order valence-electron chi connectivity index (χ1n) is 6.56. The van der Waals surface area contributed by atoms with E-state index in [2.05, 4.69) is 42.4 Å². The second kappa shape index (κ2) is 4.92. The minimum absolute atomic E-state index is 0.0673. The molecule has 3 nitrogen and oxygen atoms in total. The van der Waals surface area contributed by atoms with Gasteiger partial charge in [-0.2, -0.15) is 4.37 Å². The smallest absolute Gasteiger partial charge is 0.202 e. The lowest BCUT2D eigenvalue weighted by molar-refractivity contribution is 0.341. The van der Waals surface area contributed by atoms with Crippen molar-refractivity contribution in [2.75, 3.05) is 5.32 Å². The molecule has 0 aromatic carbocycles. The third-order valence-electron chi connectivity index (χ3n) is 3.30. The van der Waals surface area contributed by atoms with E-state index >= 15 is 0 Å². The highest BCUT2D eigenvalue weighted by molar-refractivity contribution is 7.09. The molecule has 1 aromatic rings. The van der Waals surface area contributed by atoms with Crippen LogP contribution < -0.4 is 5.32 Å². The third kappa shape index (κ3) is 3.66. The minimum atomic E-state index is 0.0673. The van der Waals surface area contributed by atoms with Gasteiger partial charge in [-0.25, -0.2) is 4.98 Å². The molecule has 1 heterocycles. The summed E-state index contributed by atoms with van der Waals surface area (Å²) in [5, 5.41) is 4.36. The standard InChI is InChI=1S/C13H23N3S/c1-9-5-7-10(8-6-9)11-14-12(17-16-11)15-13(2,3)4/h9-10H,5-8H2,1-4H3,(H,14,15,16). The maximum atomic E-state index is 4.64. The van der Waals surface area contributed by atoms with Gasteiger partial charge in [-0.1, -0.05) is 19.8 Å². The van der Waals surface area contributed by atoms with Gasteiger partial charge in [0.1, 0.15) is 5.82 Å². The largest absolute Gasteiger partial charge is 0.356 e. The molecule has 1 aliphatic rings. The monoisotopic (exact) mass is 253 g/mol. The summed E-state index contributed by atoms with van der Waals surface area (Å²) in [5.74, 6) is 2.55. The Bertz CT molecular complexity index is 359. The molecular formula is C13H23N3S. The lowest BCUT2D eigenvalue weighted by Crippen LogP contribution is -2.25. The zero-order chi connectivity index (χ0) is 12.5. The maximum absolute atomic E-state index is 4.64. The van der Waals surface area contributed by atoms with Crippen LogP contribution in [0.4, 0.5) is 5.13 Å². The van der Waals surface area contributed by atoms with Crippen molar-refractivity contribution >= 4 is 16.7 Å². The van der Waals surface area contributed by atoms with E-state index in [0.717, 1.165) is 16.9 Å². The molecule has 0 saturated heterocycles. The van der Waals surface area contributed by atoms with Crippen molar-refractivity contribution in [1.82, 2.24) is 9.36 Å². The van der Waals surface area contributed by atoms with Crippen LogP contribution in [-0.2, 0) is 0 Å². The lowest BCUT2D eigenvalue weighted by Gasteiger charge is -2.24. The number of anilines is 1. The van der Waals surface area contributed by atoms with E-state index < -0.39 is 0 Å². The molecule has 0 spiro atoms. The molecule has 17 heavy (non-hydrogen) atoms. The van der Waals surface area contributed by atoms with Crippen molar-refractivity contribution in [3.8, 4) is 0 Å². The molecule has 0 unspecified atom stereocenters. The Balaban J connectivity index is 1.98. The van der Waals surface area contributed by atoms with Crippen molar-refractivity contribution in [2.24, 2.45) is 5.92 Å². The molecule has 1 aliphatic carbocycles. The van der Waals surface area contributed by atoms with Gasteiger partial charge in [0.05, 0.1) is 0 Å². The molecule has 1 saturated carbocycles. The summed E-state index contributed by atoms with van der Waals surface area (Å²) in [6, 6.07) is 0. The molecule has 0 bridgehead atoms. The van der Waals surface area contributed by atoms with E-state index in [0.29, 0.717) is 5.92 Å². The molecule has 4 heteroatoms. The fraction of sp³-hybridized carbons (Fsp3) is 0.846. The predicted octanol–water partition coefficient (Wildman–Crippen LogP) is 4.04. The Morgan fingerprint density at radius 2 is 1.82 bits per heavy atom. The van der Waals surface area contributed by atoms with Gasteiger partial charge in [0.2, 0.25) is 5.13 Å². The number of nitrogens with one attached hydrogen (secondary N) is 1. The molecule has 1 aromatic heterocycles. The van der Waals surface area contributed by atoms with Gasteiger partial charge in [0.15, 0.2) is 0 Å². The highest BCUT2D eigenvalue weighted by atomic mass is 32.1. The molecule has 96 valence electrons. The highest BCUT2D eigenvalue weighted by Crippen LogP contribution is 2.35. The van der Waals surface area contributed by atoms with E-state index in [4.69, 9.17) is 0 Å². The zero-order valence-electron chi connectivity index (χ0n) is 11.3. The van der Waals surface area contributed by atoms with Gasteiger partial charge in [0.25, 0.3) is 0 Å². The number of hydrogen-bond donors (Lipinski definition) is 1. The minimum Gasteiger partial charge on any atom is -0.356 e. The molecule has 1 fully saturated rings. The molecule has 2 rings (SSSR count). The van der Waals surface area contributed by atoms with Crippen LogP contribution in [0.3, 0.4) is 0 Å². The average Bonchev–Trinajstić information content (AvgIpc) is 2.64. The van der Waals surface area contributed by atoms with Crippen LogP contribution in [0, 0.1) is 5.92 Å². The van der Waals surface area contributed by atoms with Crippen molar-refractivity contribution < 1.29 is 0 Å². The fourth-order valence-electron chi connectivity index (χ4n) is 2.29. The Morgan fingerprint density at radius 3 is 2.41 bits per heavy atom. The van der Waals surface area contributed by atoms with Crippen LogP contribution in [0.25, 0.3) is 0 Å². The first kappa shape index (κ1) is 12.8. The fourth-order valence-corrected chi connectivity index (χ4v) is 3.15. The number of nitrogens with zero attached hydrogens (tertiary/aromatic N) is 2. The summed E-state index contributed by atoms with van der Waals surface area (Å²) in [6.07, 6.45) is 5.16. The predicted molar refractivity (Wildman–Crippen MR) is 73.7 cm³/mol. The summed E-state index contributed by atoms with van der Waals surface area (Å²) < 4.78 is 4.52. The van der Waals surface area contributed by atoms with Crippen LogP contribution in [0.2, 0.25) is 0 Å². The summed E-state index contributed by atoms with van der Waals surface area (Å²) in [7, 11) is 0. The number of hydrogen-bond acceptors (Lipinski definition) is 4. The first-order chi connectivity index (χ1) is 7.94. The Morgan fingerprint density at radius 1 is 1.18 bits per heavy atom. The van der Waals surface area contributed by atoms with Crippen molar-refractivity contribution in [1.29, 1.82) is 0 Å². The van der Waals surface area contributed by atoms with E-state index in [9.17, 15) is 0 Å². The molecule has 0 radical (unpaired) electrons. The van der Waals surface area contributed by atoms with Gasteiger partial charge in [-0.15, -0.1) is 0 Å². The third-order valence-corrected chi connectivity index (χ3v) is 3.95. The van der Waals surface area contributed by atoms with Gasteiger partial charge < -0.3 is 5.32 Å². The molecule has 1 N–H and O–H groups in total. The van der Waals surface area contributed by atoms with Gasteiger partial charge >= 0.3 is 0 Å². The van der Waals surface area contributed by atoms with Gasteiger partial charge in [-0.05, 0) is 39.5 Å². The molecule has 0 aliphatic heterocycles. The number of rotatable bonds is 2. The van der Waals surface area contributed by atoms with E-state index in [-0.39, 0.29) is 5.54 Å². The van der Waals surface area contributed by atoms with Crippen molar-refractivity contribution in [2.45, 2.75) is 64.8 Å². The van der Waals surface area contributed by atoms with E-state index in [1.54, 1.807) is 0 Å². The zero-order valence-corrected chi connectivity index (χ0v) is 12.1. The SMILES string of the molecule is CC1CCC(c2nsc(NC(C)(C)C)n2)CC1.